The molecular weight excluding hydrogens is 1980 g/mol. The maximum Gasteiger partial charge on any atom is 0.326 e. The molecule has 3 aliphatic heterocycles. The van der Waals surface area contributed by atoms with E-state index in [4.69, 9.17) is 54.7 Å². The van der Waals surface area contributed by atoms with Crippen molar-refractivity contribution in [3.8, 4) is 45.5 Å². The Bertz CT molecular complexity index is 6330. The number of hydrogen-bond donors (Lipinski definition) is 9. The highest BCUT2D eigenvalue weighted by Crippen LogP contribution is 2.37. The number of aryl methyl sites for hydroxylation is 1. The standard InChI is InChI=1S/C50H58ClN7O6.C49H57Cl2N7O7.C13H19NO2.C2H3ClO/c1-33-12-14-36(15-13-33)27-50-22-9-23-57(32-50)48(62)42(24-35-10-7-6-8-11-35)53-49(63)58(34(2)44(60)25-39(31-59)47(61)54-50)29-38-16-19-40(51)26-45(38)64-41-20-17-37(18-21-41)43-28-52-46(56(43)5)30-55(3)4;1-32(43(60)24-37(30-59)46(61)55-49(21-8-22-52-31-49)26-34-11-16-38(50)17-12-34)58(48(64)54-41(47(62)63)23-33-9-6-5-7-10-33)28-36-13-18-39(51)25-44(36)65-40-19-14-35(15-20-40)42-27-53-45(57(42)4)29-56(2)3;1-13(2,3)16-12(15)11(14)9-10-7-5-4-6-8-10;1-2(3)4/h6-8,10-21,26,28,34,39,42,59H,9,22-25,27,29-32H2,1-5H3,(H,53,63)(H,54,61);5-7,9-20,25,27,32,37,41,52,59H,8,21-24,26,28-31H2,1-4H3,(H,54,64)(H,55,61)(H,62,63);4-8,11H,9,14H2,1-3H3;1H3/t34-,39-,42-,50+;32-,37-,41-,49+;11-;/m000./s1. The molecule has 11 aromatic rings. The van der Waals surface area contributed by atoms with Crippen molar-refractivity contribution in [1.82, 2.24) is 70.2 Å². The molecule has 0 radical (unpaired) electrons. The van der Waals surface area contributed by atoms with Gasteiger partial charge in [0.25, 0.3) is 0 Å². The minimum Gasteiger partial charge on any atom is -0.480 e. The fraction of sp³-hybridized carbons (Fsp3) is 0.386. The van der Waals surface area contributed by atoms with E-state index in [2.05, 4.69) is 57.6 Å². The van der Waals surface area contributed by atoms with Crippen molar-refractivity contribution in [1.29, 1.82) is 0 Å². The Morgan fingerprint density at radius 1 is 0.638 bits per heavy atom. The Morgan fingerprint density at radius 3 is 1.66 bits per heavy atom. The number of nitrogens with zero attached hydrogens (tertiary/aromatic N) is 9. The molecule has 0 saturated carbocycles. The molecule has 2 aromatic heterocycles. The number of aliphatic hydroxyl groups excluding tert-OH is 2. The van der Waals surface area contributed by atoms with E-state index in [1.165, 1.54) is 23.6 Å². The molecule has 2 bridgehead atoms. The lowest BCUT2D eigenvalue weighted by Crippen LogP contribution is -2.64. The molecule has 0 unspecified atom stereocenters. The van der Waals surface area contributed by atoms with Crippen molar-refractivity contribution >= 4 is 105 Å². The second kappa shape index (κ2) is 54.8. The summed E-state index contributed by atoms with van der Waals surface area (Å²) in [4.78, 5) is 152. The Hall–Kier alpha value is -13.2. The first kappa shape index (κ1) is 116. The minimum absolute atomic E-state index is 0.0153. The third kappa shape index (κ3) is 34.7. The maximum absolute atomic E-state index is 14.8. The van der Waals surface area contributed by atoms with Gasteiger partial charge in [0.2, 0.25) is 23.0 Å². The predicted molar refractivity (Wildman–Crippen MR) is 578 cm³/mol. The minimum atomic E-state index is -1.34. The van der Waals surface area contributed by atoms with Crippen molar-refractivity contribution in [3.05, 3.63) is 308 Å². The van der Waals surface area contributed by atoms with Crippen LogP contribution in [0.15, 0.2) is 237 Å². The molecule has 35 heteroatoms. The number of aliphatic carboxylic acids is 1. The maximum atomic E-state index is 14.8. The molecule has 5 heterocycles. The van der Waals surface area contributed by atoms with Crippen LogP contribution in [0.1, 0.15) is 136 Å². The molecule has 3 saturated heterocycles. The van der Waals surface area contributed by atoms with Crippen LogP contribution in [-0.4, -0.2) is 232 Å². The van der Waals surface area contributed by atoms with Crippen molar-refractivity contribution < 1.29 is 77.5 Å². The molecule has 792 valence electrons. The SMILES string of the molecule is CC(=O)Cl.CC(C)(C)OC(=O)[C@@H](N)Cc1ccccc1.C[C@@H](C(=O)C[C@@H](CO)C(=O)N[C@@]1(Cc2ccc(Cl)cc2)CCCNC1)N(Cc1ccc(Cl)cc1Oc1ccc(-c2cnc(CN(C)C)n2C)cc1)C(=O)N[C@@H](Cc1ccccc1)C(=O)O.Cc1ccc(C[C@]23CCCN(C2)C(=O)[C@H](Cc2ccccc2)NC(=O)N(Cc2ccc(Cl)cc2Oc2ccc(-c4cnc(CN(C)C)n4C)cc2)[C@@H](C)C(=O)C[C@@H](CO)C(=O)N3)cc1. The Morgan fingerprint density at radius 2 is 1.15 bits per heavy atom. The summed E-state index contributed by atoms with van der Waals surface area (Å²) < 4.78 is 22.1. The summed E-state index contributed by atoms with van der Waals surface area (Å²) in [5.41, 5.74) is 14.1. The number of benzene rings is 9. The van der Waals surface area contributed by atoms with E-state index in [1.807, 2.05) is 225 Å². The van der Waals surface area contributed by atoms with Gasteiger partial charge in [-0.15, -0.1) is 0 Å². The molecule has 0 spiro atoms. The predicted octanol–water partition coefficient (Wildman–Crippen LogP) is 16.3. The average molecular weight is 2120 g/mol. The number of hydrogen-bond acceptors (Lipinski definition) is 21. The van der Waals surface area contributed by atoms with Crippen LogP contribution < -0.4 is 41.8 Å². The third-order valence-electron chi connectivity index (χ3n) is 26.1. The number of rotatable bonds is 35. The molecule has 31 nitrogen and oxygen atoms in total. The number of Topliss-reactive ketones (excluding diaryl/α,β-unsaturated/α-hetero) is 2. The summed E-state index contributed by atoms with van der Waals surface area (Å²) in [6, 6.07) is 61.8. The summed E-state index contributed by atoms with van der Waals surface area (Å²) in [6.07, 6.45) is 7.26. The van der Waals surface area contributed by atoms with Crippen LogP contribution >= 0.6 is 46.4 Å². The number of fused-ring (bicyclic) bond motifs is 2. The van der Waals surface area contributed by atoms with Gasteiger partial charge in [-0.25, -0.2) is 24.4 Å². The molecule has 9 atom stereocenters. The zero-order chi connectivity index (χ0) is 108. The number of aromatic nitrogens is 4. The molecule has 9 aromatic carbocycles. The van der Waals surface area contributed by atoms with Gasteiger partial charge in [0, 0.05) is 104 Å². The van der Waals surface area contributed by atoms with E-state index in [0.29, 0.717) is 119 Å². The summed E-state index contributed by atoms with van der Waals surface area (Å²) in [5, 5.41) is 47.8. The van der Waals surface area contributed by atoms with Crippen molar-refractivity contribution in [3.63, 3.8) is 0 Å². The zero-order valence-corrected chi connectivity index (χ0v) is 89.7. The summed E-state index contributed by atoms with van der Waals surface area (Å²) in [5.74, 6) is -2.55. The molecule has 149 heavy (non-hydrogen) atoms. The van der Waals surface area contributed by atoms with E-state index >= 15 is 0 Å². The van der Waals surface area contributed by atoms with Crippen LogP contribution in [0.4, 0.5) is 9.59 Å². The molecule has 0 aliphatic carbocycles. The first-order valence-corrected chi connectivity index (χ1v) is 51.2. The molecule has 7 amide bonds. The fourth-order valence-electron chi connectivity index (χ4n) is 18.0. The lowest BCUT2D eigenvalue weighted by molar-refractivity contribution is -0.156. The molecule has 14 rings (SSSR count). The molecule has 3 aliphatic rings. The van der Waals surface area contributed by atoms with Gasteiger partial charge in [-0.05, 0) is 246 Å². The number of ether oxygens (including phenoxy) is 3. The summed E-state index contributed by atoms with van der Waals surface area (Å²) in [7, 11) is 11.9. The van der Waals surface area contributed by atoms with E-state index in [-0.39, 0.29) is 56.0 Å². The number of urea groups is 2. The second-order valence-electron chi connectivity index (χ2n) is 39.8. The topological polar surface area (TPSA) is 397 Å². The number of nitrogens with one attached hydrogen (secondary N) is 5. The van der Waals surface area contributed by atoms with Crippen molar-refractivity contribution in [2.45, 2.75) is 192 Å². The van der Waals surface area contributed by atoms with Gasteiger partial charge in [0.1, 0.15) is 58.4 Å². The quantitative estimate of drug-likeness (QED) is 0.0132. The number of piperidine rings is 2. The molecule has 3 fully saturated rings. The van der Waals surface area contributed by atoms with Gasteiger partial charge in [-0.3, -0.25) is 33.6 Å². The van der Waals surface area contributed by atoms with Gasteiger partial charge in [0.05, 0.1) is 98.2 Å². The molecule has 10 N–H and O–H groups in total. The monoisotopic (exact) mass is 2110 g/mol. The first-order valence-electron chi connectivity index (χ1n) is 49.7. The van der Waals surface area contributed by atoms with Gasteiger partial charge < -0.3 is 95.5 Å². The number of carboxylic acid groups (broad SMARTS) is 1. The van der Waals surface area contributed by atoms with Crippen LogP contribution in [0.25, 0.3) is 22.5 Å². The summed E-state index contributed by atoms with van der Waals surface area (Å²) in [6.45, 7) is 13.7. The third-order valence-corrected chi connectivity index (χ3v) is 26.8. The number of halogens is 4. The van der Waals surface area contributed by atoms with Crippen LogP contribution in [0.3, 0.4) is 0 Å². The Balaban J connectivity index is 0.000000238. The van der Waals surface area contributed by atoms with E-state index in [1.54, 1.807) is 103 Å². The van der Waals surface area contributed by atoms with E-state index < -0.39 is 120 Å². The smallest absolute Gasteiger partial charge is 0.326 e. The van der Waals surface area contributed by atoms with Crippen LogP contribution in [0.5, 0.6) is 23.0 Å². The Kier molecular flexibility index (Phi) is 42.7. The largest absolute Gasteiger partial charge is 0.480 e. The lowest BCUT2D eigenvalue weighted by atomic mass is 9.81. The van der Waals surface area contributed by atoms with Crippen LogP contribution in [-0.2, 0) is 115 Å². The molecular formula is C114H137Cl4N15O16. The zero-order valence-electron chi connectivity index (χ0n) is 86.7. The summed E-state index contributed by atoms with van der Waals surface area (Å²) >= 11 is 23.8. The number of esters is 1. The van der Waals surface area contributed by atoms with Gasteiger partial charge in [-0.1, -0.05) is 180 Å². The Labute approximate surface area is 891 Å². The van der Waals surface area contributed by atoms with E-state index in [9.17, 15) is 63.3 Å². The second-order valence-corrected chi connectivity index (χ2v) is 41.7. The normalized spacial score (nSPS) is 17.8. The van der Waals surface area contributed by atoms with Crippen molar-refractivity contribution in [2.24, 2.45) is 31.7 Å². The number of nitrogens with two attached hydrogens (primary N) is 1. The van der Waals surface area contributed by atoms with E-state index in [0.717, 1.165) is 74.9 Å². The first-order chi connectivity index (χ1) is 70.9. The van der Waals surface area contributed by atoms with Crippen LogP contribution in [0, 0.1) is 18.8 Å². The van der Waals surface area contributed by atoms with Gasteiger partial charge >= 0.3 is 24.0 Å². The number of imidazole rings is 2. The highest BCUT2D eigenvalue weighted by atomic mass is 35.5. The number of carboxylic acids is 1. The number of carbonyl (C=O) groups excluding carboxylic acids is 9. The lowest BCUT2D eigenvalue weighted by Gasteiger charge is -2.45. The number of amides is 7. The van der Waals surface area contributed by atoms with Crippen LogP contribution in [0.2, 0.25) is 15.1 Å². The highest BCUT2D eigenvalue weighted by Gasteiger charge is 2.45. The number of carbonyl (C=O) groups is 10. The highest BCUT2D eigenvalue weighted by molar-refractivity contribution is 6.62. The van der Waals surface area contributed by atoms with Gasteiger partial charge in [-0.2, -0.15) is 0 Å². The number of ketones is 2. The van der Waals surface area contributed by atoms with Gasteiger partial charge in [0.15, 0.2) is 11.6 Å². The number of aliphatic hydroxyl groups is 2. The average Bonchev–Trinajstić information content (AvgIpc) is 1.65. The fourth-order valence-corrected chi connectivity index (χ4v) is 18.5. The van der Waals surface area contributed by atoms with Crippen molar-refractivity contribution in [2.75, 3.05) is 67.6 Å².